The topological polar surface area (TPSA) is 38.3 Å². The van der Waals surface area contributed by atoms with E-state index in [-0.39, 0.29) is 5.92 Å². The zero-order valence-corrected chi connectivity index (χ0v) is 10.8. The molecular formula is C16H17NO2. The third-order valence-corrected chi connectivity index (χ3v) is 4.51. The van der Waals surface area contributed by atoms with Crippen molar-refractivity contribution in [2.75, 3.05) is 18.5 Å². The summed E-state index contributed by atoms with van der Waals surface area (Å²) < 4.78 is 5.86. The molecule has 0 aromatic heterocycles. The second kappa shape index (κ2) is 4.12. The number of carbonyl (C=O) groups excluding carboxylic acids is 1. The molecule has 1 aromatic rings. The number of allylic oxidation sites excluding steroid dienone is 2. The van der Waals surface area contributed by atoms with Crippen molar-refractivity contribution in [3.8, 4) is 0 Å². The van der Waals surface area contributed by atoms with Gasteiger partial charge in [-0.15, -0.1) is 0 Å². The second-order valence-corrected chi connectivity index (χ2v) is 5.63. The van der Waals surface area contributed by atoms with E-state index in [9.17, 15) is 4.79 Å². The third-order valence-electron chi connectivity index (χ3n) is 4.51. The molecule has 2 aliphatic heterocycles. The van der Waals surface area contributed by atoms with E-state index in [0.717, 1.165) is 37.3 Å². The van der Waals surface area contributed by atoms with Gasteiger partial charge in [-0.1, -0.05) is 18.2 Å². The summed E-state index contributed by atoms with van der Waals surface area (Å²) in [4.78, 5) is 12.3. The molecule has 2 atom stereocenters. The van der Waals surface area contributed by atoms with Crippen LogP contribution in [-0.2, 0) is 9.53 Å². The Bertz CT molecular complexity index is 576. The Morgan fingerprint density at radius 3 is 3.05 bits per heavy atom. The van der Waals surface area contributed by atoms with Crippen LogP contribution in [0.15, 0.2) is 35.6 Å². The SMILES string of the molecule is O=C1CCCC2=C1C1c3ccccc3NCC1CO2. The van der Waals surface area contributed by atoms with Crippen LogP contribution in [0.5, 0.6) is 0 Å². The Balaban J connectivity index is 1.88. The molecule has 0 saturated heterocycles. The van der Waals surface area contributed by atoms with Crippen molar-refractivity contribution in [1.29, 1.82) is 0 Å². The van der Waals surface area contributed by atoms with Gasteiger partial charge in [0.05, 0.1) is 6.61 Å². The summed E-state index contributed by atoms with van der Waals surface area (Å²) in [5.41, 5.74) is 3.41. The molecule has 2 heterocycles. The molecule has 3 aliphatic rings. The molecule has 4 rings (SSSR count). The van der Waals surface area contributed by atoms with E-state index in [2.05, 4.69) is 23.5 Å². The quantitative estimate of drug-likeness (QED) is 0.774. The van der Waals surface area contributed by atoms with Gasteiger partial charge in [0.15, 0.2) is 5.78 Å². The lowest BCUT2D eigenvalue weighted by atomic mass is 9.72. The van der Waals surface area contributed by atoms with E-state index in [1.165, 1.54) is 11.3 Å². The van der Waals surface area contributed by atoms with Gasteiger partial charge in [0.2, 0.25) is 0 Å². The number of ketones is 1. The van der Waals surface area contributed by atoms with E-state index >= 15 is 0 Å². The molecule has 19 heavy (non-hydrogen) atoms. The maximum atomic E-state index is 12.3. The highest BCUT2D eigenvalue weighted by molar-refractivity contribution is 5.98. The van der Waals surface area contributed by atoms with Crippen LogP contribution in [0.4, 0.5) is 5.69 Å². The Hall–Kier alpha value is -1.77. The van der Waals surface area contributed by atoms with Gasteiger partial charge in [0.25, 0.3) is 0 Å². The van der Waals surface area contributed by atoms with Crippen molar-refractivity contribution in [2.24, 2.45) is 5.92 Å². The lowest BCUT2D eigenvalue weighted by Crippen LogP contribution is -2.38. The van der Waals surface area contributed by atoms with Gasteiger partial charge in [0.1, 0.15) is 5.76 Å². The smallest absolute Gasteiger partial charge is 0.162 e. The van der Waals surface area contributed by atoms with Crippen LogP contribution < -0.4 is 5.32 Å². The largest absolute Gasteiger partial charge is 0.497 e. The molecule has 1 aliphatic carbocycles. The fourth-order valence-electron chi connectivity index (χ4n) is 3.63. The minimum absolute atomic E-state index is 0.244. The van der Waals surface area contributed by atoms with E-state index in [1.54, 1.807) is 0 Å². The third kappa shape index (κ3) is 1.61. The van der Waals surface area contributed by atoms with Crippen LogP contribution in [0.2, 0.25) is 0 Å². The number of nitrogens with one attached hydrogen (secondary N) is 1. The lowest BCUT2D eigenvalue weighted by molar-refractivity contribution is -0.117. The fourth-order valence-corrected chi connectivity index (χ4v) is 3.63. The maximum Gasteiger partial charge on any atom is 0.162 e. The summed E-state index contributed by atoms with van der Waals surface area (Å²) in [6.07, 6.45) is 2.55. The molecule has 2 unspecified atom stereocenters. The maximum absolute atomic E-state index is 12.3. The summed E-state index contributed by atoms with van der Waals surface area (Å²) >= 11 is 0. The van der Waals surface area contributed by atoms with Gasteiger partial charge in [0, 0.05) is 42.5 Å². The molecule has 3 heteroatoms. The van der Waals surface area contributed by atoms with Crippen LogP contribution in [0, 0.1) is 5.92 Å². The van der Waals surface area contributed by atoms with Gasteiger partial charge in [-0.25, -0.2) is 0 Å². The van der Waals surface area contributed by atoms with Crippen molar-refractivity contribution in [1.82, 2.24) is 0 Å². The molecule has 3 nitrogen and oxygen atoms in total. The number of hydrogen-bond acceptors (Lipinski definition) is 3. The minimum Gasteiger partial charge on any atom is -0.497 e. The number of Topliss-reactive ketones (excluding diaryl/α,β-unsaturated/α-hetero) is 1. The van der Waals surface area contributed by atoms with E-state index in [1.807, 2.05) is 6.07 Å². The standard InChI is InChI=1S/C16H17NO2/c18-13-6-3-7-14-16(13)15-10(9-19-14)8-17-12-5-2-1-4-11(12)15/h1-2,4-5,10,15,17H,3,6-9H2. The van der Waals surface area contributed by atoms with Crippen molar-refractivity contribution >= 4 is 11.5 Å². The minimum atomic E-state index is 0.244. The molecule has 98 valence electrons. The van der Waals surface area contributed by atoms with Gasteiger partial charge < -0.3 is 10.1 Å². The average molecular weight is 255 g/mol. The first-order valence-corrected chi connectivity index (χ1v) is 7.06. The van der Waals surface area contributed by atoms with Crippen LogP contribution in [-0.4, -0.2) is 18.9 Å². The van der Waals surface area contributed by atoms with Crippen LogP contribution in [0.1, 0.15) is 30.7 Å². The van der Waals surface area contributed by atoms with Crippen molar-refractivity contribution in [3.63, 3.8) is 0 Å². The van der Waals surface area contributed by atoms with Crippen molar-refractivity contribution in [2.45, 2.75) is 25.2 Å². The number of rotatable bonds is 0. The second-order valence-electron chi connectivity index (χ2n) is 5.63. The molecule has 0 fully saturated rings. The van der Waals surface area contributed by atoms with Gasteiger partial charge in [-0.05, 0) is 18.1 Å². The first kappa shape index (κ1) is 11.1. The number of hydrogen-bond donors (Lipinski definition) is 1. The Morgan fingerprint density at radius 2 is 2.11 bits per heavy atom. The normalized spacial score (nSPS) is 28.7. The van der Waals surface area contributed by atoms with Gasteiger partial charge in [-0.3, -0.25) is 4.79 Å². The number of ether oxygens (including phenoxy) is 1. The number of para-hydroxylation sites is 1. The monoisotopic (exact) mass is 255 g/mol. The summed E-state index contributed by atoms with van der Waals surface area (Å²) in [6, 6.07) is 8.36. The number of carbonyl (C=O) groups is 1. The van der Waals surface area contributed by atoms with Gasteiger partial charge in [-0.2, -0.15) is 0 Å². The molecule has 0 spiro atoms. The highest BCUT2D eigenvalue weighted by Crippen LogP contribution is 2.46. The average Bonchev–Trinajstić information content (AvgIpc) is 2.47. The predicted molar refractivity (Wildman–Crippen MR) is 73.0 cm³/mol. The summed E-state index contributed by atoms with van der Waals surface area (Å²) in [5, 5.41) is 3.46. The number of anilines is 1. The highest BCUT2D eigenvalue weighted by atomic mass is 16.5. The predicted octanol–water partition coefficient (Wildman–Crippen LogP) is 2.85. The zero-order valence-electron chi connectivity index (χ0n) is 10.8. The van der Waals surface area contributed by atoms with E-state index in [0.29, 0.717) is 18.1 Å². The summed E-state index contributed by atoms with van der Waals surface area (Å²) in [7, 11) is 0. The van der Waals surface area contributed by atoms with Crippen LogP contribution >= 0.6 is 0 Å². The highest BCUT2D eigenvalue weighted by Gasteiger charge is 2.41. The molecule has 0 saturated carbocycles. The van der Waals surface area contributed by atoms with E-state index < -0.39 is 0 Å². The molecule has 1 aromatic carbocycles. The Morgan fingerprint density at radius 1 is 1.21 bits per heavy atom. The first-order valence-electron chi connectivity index (χ1n) is 7.06. The summed E-state index contributed by atoms with van der Waals surface area (Å²) in [5.74, 6) is 1.89. The molecule has 0 radical (unpaired) electrons. The van der Waals surface area contributed by atoms with Crippen LogP contribution in [0.3, 0.4) is 0 Å². The molecular weight excluding hydrogens is 238 g/mol. The van der Waals surface area contributed by atoms with E-state index in [4.69, 9.17) is 4.74 Å². The molecule has 0 bridgehead atoms. The fraction of sp³-hybridized carbons (Fsp3) is 0.438. The van der Waals surface area contributed by atoms with Crippen molar-refractivity contribution < 1.29 is 9.53 Å². The first-order chi connectivity index (χ1) is 9.34. The lowest BCUT2D eigenvalue weighted by Gasteiger charge is -2.41. The molecule has 0 amide bonds. The zero-order chi connectivity index (χ0) is 12.8. The number of benzene rings is 1. The Labute approximate surface area is 112 Å². The number of fused-ring (bicyclic) bond motifs is 4. The Kier molecular flexibility index (Phi) is 2.40. The molecule has 1 N–H and O–H groups in total. The summed E-state index contributed by atoms with van der Waals surface area (Å²) in [6.45, 7) is 1.63. The van der Waals surface area contributed by atoms with Crippen molar-refractivity contribution in [3.05, 3.63) is 41.2 Å². The van der Waals surface area contributed by atoms with Crippen LogP contribution in [0.25, 0.3) is 0 Å². The van der Waals surface area contributed by atoms with Gasteiger partial charge >= 0.3 is 0 Å².